The molecule has 1 aromatic heterocycles. The summed E-state index contributed by atoms with van der Waals surface area (Å²) in [5, 5.41) is 11.0. The van der Waals surface area contributed by atoms with E-state index in [2.05, 4.69) is 52.7 Å². The Balaban J connectivity index is 1.55. The third kappa shape index (κ3) is 5.01. The molecule has 0 spiro atoms. The summed E-state index contributed by atoms with van der Waals surface area (Å²) in [6, 6.07) is 22.1. The molecule has 0 amide bonds. The number of nitrogens with zero attached hydrogens (tertiary/aromatic N) is 3. The standard InChI is InChI=1S/C33H37N3O3/c1-34(2)17-18-35-19-20-36-30-21-24(33(37)38)13-15-27(30)31(23-9-5-3-6-10-23)32(36)28-16-14-26(22-29(28)35)39-25-11-7-4-8-12-25/h4,7-8,11-16,21-23H,3,5-6,9-10,17-20H2,1-2H3,(H,37,38). The molecule has 4 aromatic rings. The SMILES string of the molecule is CN(C)CCN1CCn2c(c(C3CCCCC3)c3ccc(C(=O)O)cc32)-c2ccc(Oc3ccccc3)cc21. The number of anilines is 1. The number of ether oxygens (including phenoxy) is 1. The van der Waals surface area contributed by atoms with Crippen LogP contribution in [0.2, 0.25) is 0 Å². The van der Waals surface area contributed by atoms with Gasteiger partial charge in [-0.15, -0.1) is 0 Å². The highest BCUT2D eigenvalue weighted by atomic mass is 16.5. The van der Waals surface area contributed by atoms with Crippen LogP contribution in [0, 0.1) is 0 Å². The maximum absolute atomic E-state index is 11.9. The molecule has 6 nitrogen and oxygen atoms in total. The first-order valence-electron chi connectivity index (χ1n) is 14.2. The molecular weight excluding hydrogens is 486 g/mol. The van der Waals surface area contributed by atoms with Crippen LogP contribution in [0.4, 0.5) is 5.69 Å². The van der Waals surface area contributed by atoms with E-state index in [4.69, 9.17) is 4.74 Å². The molecule has 0 unspecified atom stereocenters. The van der Waals surface area contributed by atoms with Gasteiger partial charge in [-0.2, -0.15) is 0 Å². The highest BCUT2D eigenvalue weighted by Crippen LogP contribution is 2.48. The van der Waals surface area contributed by atoms with Crippen LogP contribution in [0.3, 0.4) is 0 Å². The Hall–Kier alpha value is -3.77. The van der Waals surface area contributed by atoms with Gasteiger partial charge in [0.2, 0.25) is 0 Å². The zero-order valence-electron chi connectivity index (χ0n) is 22.9. The maximum atomic E-state index is 11.9. The third-order valence-electron chi connectivity index (χ3n) is 8.32. The van der Waals surface area contributed by atoms with Crippen molar-refractivity contribution in [2.45, 2.75) is 44.6 Å². The minimum absolute atomic E-state index is 0.346. The summed E-state index contributed by atoms with van der Waals surface area (Å²) < 4.78 is 8.69. The second-order valence-corrected chi connectivity index (χ2v) is 11.2. The lowest BCUT2D eigenvalue weighted by Gasteiger charge is -2.27. The number of hydrogen-bond donors (Lipinski definition) is 1. The Morgan fingerprint density at radius 1 is 0.949 bits per heavy atom. The third-order valence-corrected chi connectivity index (χ3v) is 8.32. The van der Waals surface area contributed by atoms with Gasteiger partial charge in [0.05, 0.1) is 11.3 Å². The van der Waals surface area contributed by atoms with Crippen LogP contribution in [-0.2, 0) is 6.54 Å². The van der Waals surface area contributed by atoms with E-state index in [1.165, 1.54) is 60.0 Å². The van der Waals surface area contributed by atoms with Gasteiger partial charge >= 0.3 is 5.97 Å². The molecule has 1 aliphatic carbocycles. The summed E-state index contributed by atoms with van der Waals surface area (Å²) in [5.74, 6) is 1.25. The van der Waals surface area contributed by atoms with Crippen LogP contribution >= 0.6 is 0 Å². The number of carboxylic acids is 1. The summed E-state index contributed by atoms with van der Waals surface area (Å²) in [6.45, 7) is 3.49. The van der Waals surface area contributed by atoms with Crippen molar-refractivity contribution in [1.82, 2.24) is 9.47 Å². The van der Waals surface area contributed by atoms with E-state index in [1.807, 2.05) is 36.4 Å². The topological polar surface area (TPSA) is 57.9 Å². The van der Waals surface area contributed by atoms with Crippen molar-refractivity contribution < 1.29 is 14.6 Å². The van der Waals surface area contributed by atoms with Crippen LogP contribution < -0.4 is 9.64 Å². The average molecular weight is 524 g/mol. The average Bonchev–Trinajstić information content (AvgIpc) is 3.18. The number of rotatable bonds is 7. The molecule has 2 aliphatic rings. The van der Waals surface area contributed by atoms with Gasteiger partial charge in [-0.3, -0.25) is 0 Å². The van der Waals surface area contributed by atoms with Crippen molar-refractivity contribution in [1.29, 1.82) is 0 Å². The molecule has 0 bridgehead atoms. The van der Waals surface area contributed by atoms with Crippen molar-refractivity contribution in [2.24, 2.45) is 0 Å². The van der Waals surface area contributed by atoms with Gasteiger partial charge in [0.15, 0.2) is 0 Å². The highest BCUT2D eigenvalue weighted by molar-refractivity contribution is 5.99. The highest BCUT2D eigenvalue weighted by Gasteiger charge is 2.31. The summed E-state index contributed by atoms with van der Waals surface area (Å²) in [5.41, 5.74) is 6.43. The fourth-order valence-corrected chi connectivity index (χ4v) is 6.39. The van der Waals surface area contributed by atoms with Crippen LogP contribution in [0.15, 0.2) is 66.7 Å². The Labute approximate surface area is 230 Å². The first kappa shape index (κ1) is 25.5. The van der Waals surface area contributed by atoms with Crippen LogP contribution in [0.25, 0.3) is 22.2 Å². The van der Waals surface area contributed by atoms with Gasteiger partial charge in [0.1, 0.15) is 11.5 Å². The fraction of sp³-hybridized carbons (Fsp3) is 0.364. The molecule has 1 fully saturated rings. The molecule has 202 valence electrons. The number of carboxylic acid groups (broad SMARTS) is 1. The molecule has 6 heteroatoms. The lowest BCUT2D eigenvalue weighted by atomic mass is 9.81. The zero-order valence-corrected chi connectivity index (χ0v) is 22.9. The Bertz CT molecular complexity index is 1490. The normalized spacial score (nSPS) is 15.7. The fourth-order valence-electron chi connectivity index (χ4n) is 6.39. The maximum Gasteiger partial charge on any atom is 0.335 e. The van der Waals surface area contributed by atoms with Crippen molar-refractivity contribution in [3.05, 3.63) is 77.9 Å². The minimum Gasteiger partial charge on any atom is -0.478 e. The molecule has 0 radical (unpaired) electrons. The second-order valence-electron chi connectivity index (χ2n) is 11.2. The number of aromatic nitrogens is 1. The number of para-hydroxylation sites is 1. The molecule has 1 aliphatic heterocycles. The molecule has 1 saturated carbocycles. The number of fused-ring (bicyclic) bond motifs is 5. The van der Waals surface area contributed by atoms with Crippen molar-refractivity contribution in [3.63, 3.8) is 0 Å². The molecule has 0 atom stereocenters. The number of hydrogen-bond acceptors (Lipinski definition) is 4. The molecule has 3 aromatic carbocycles. The van der Waals surface area contributed by atoms with Gasteiger partial charge in [-0.1, -0.05) is 43.5 Å². The molecular formula is C33H37N3O3. The van der Waals surface area contributed by atoms with E-state index in [1.54, 1.807) is 6.07 Å². The van der Waals surface area contributed by atoms with Gasteiger partial charge in [-0.25, -0.2) is 4.79 Å². The van der Waals surface area contributed by atoms with Crippen molar-refractivity contribution >= 4 is 22.6 Å². The van der Waals surface area contributed by atoms with Gasteiger partial charge < -0.3 is 24.2 Å². The second kappa shape index (κ2) is 10.8. The molecule has 6 rings (SSSR count). The Morgan fingerprint density at radius 3 is 2.49 bits per heavy atom. The van der Waals surface area contributed by atoms with Crippen LogP contribution in [0.1, 0.15) is 53.9 Å². The lowest BCUT2D eigenvalue weighted by Crippen LogP contribution is -2.33. The van der Waals surface area contributed by atoms with Crippen molar-refractivity contribution in [2.75, 3.05) is 38.6 Å². The quantitative estimate of drug-likeness (QED) is 0.277. The smallest absolute Gasteiger partial charge is 0.335 e. The first-order valence-corrected chi connectivity index (χ1v) is 14.2. The largest absolute Gasteiger partial charge is 0.478 e. The minimum atomic E-state index is -0.879. The number of likely N-dealkylation sites (N-methyl/N-ethyl adjacent to an activating group) is 1. The summed E-state index contributed by atoms with van der Waals surface area (Å²) in [4.78, 5) is 16.6. The van der Waals surface area contributed by atoms with Gasteiger partial charge in [0, 0.05) is 54.4 Å². The lowest BCUT2D eigenvalue weighted by molar-refractivity contribution is 0.0697. The van der Waals surface area contributed by atoms with Crippen molar-refractivity contribution in [3.8, 4) is 22.8 Å². The first-order chi connectivity index (χ1) is 19.0. The summed E-state index contributed by atoms with van der Waals surface area (Å²) in [7, 11) is 4.22. The van der Waals surface area contributed by atoms with E-state index < -0.39 is 5.97 Å². The monoisotopic (exact) mass is 523 g/mol. The van der Waals surface area contributed by atoms with Crippen LogP contribution in [-0.4, -0.2) is 54.3 Å². The number of carbonyl (C=O) groups is 1. The predicted molar refractivity (Wildman–Crippen MR) is 157 cm³/mol. The van der Waals surface area contributed by atoms with E-state index in [0.29, 0.717) is 11.5 Å². The summed E-state index contributed by atoms with van der Waals surface area (Å²) in [6.07, 6.45) is 6.15. The Morgan fingerprint density at radius 2 is 1.74 bits per heavy atom. The van der Waals surface area contributed by atoms with Crippen LogP contribution in [0.5, 0.6) is 11.5 Å². The van der Waals surface area contributed by atoms with E-state index in [-0.39, 0.29) is 0 Å². The van der Waals surface area contributed by atoms with E-state index in [9.17, 15) is 9.90 Å². The van der Waals surface area contributed by atoms with E-state index in [0.717, 1.165) is 43.2 Å². The van der Waals surface area contributed by atoms with Gasteiger partial charge in [0.25, 0.3) is 0 Å². The van der Waals surface area contributed by atoms with Gasteiger partial charge in [-0.05, 0) is 74.8 Å². The molecule has 2 heterocycles. The number of benzene rings is 3. The summed E-state index contributed by atoms with van der Waals surface area (Å²) >= 11 is 0. The molecule has 39 heavy (non-hydrogen) atoms. The molecule has 0 saturated heterocycles. The molecule has 1 N–H and O–H groups in total. The zero-order chi connectivity index (χ0) is 26.9. The Kier molecular flexibility index (Phi) is 7.05. The van der Waals surface area contributed by atoms with E-state index >= 15 is 0 Å². The number of aromatic carboxylic acids is 1. The predicted octanol–water partition coefficient (Wildman–Crippen LogP) is 7.23.